The molecule has 1 aliphatic rings. The molecule has 1 aliphatic heterocycles. The minimum Gasteiger partial charge on any atom is -0.381 e. The summed E-state index contributed by atoms with van der Waals surface area (Å²) < 4.78 is 5.66. The molecular formula is C24H44IN5O. The van der Waals surface area contributed by atoms with Crippen molar-refractivity contribution in [1.29, 1.82) is 0 Å². The SMILES string of the molecule is CN=C(NCCN(C(C)C)C(C)C)NCC1(NC(C)c2ccccc2)CCOCC1.I. The number of guanidine groups is 1. The van der Waals surface area contributed by atoms with Crippen LogP contribution in [-0.2, 0) is 4.74 Å². The molecule has 1 aromatic rings. The highest BCUT2D eigenvalue weighted by atomic mass is 127. The molecule has 6 nitrogen and oxygen atoms in total. The van der Waals surface area contributed by atoms with Crippen LogP contribution in [0, 0.1) is 0 Å². The molecule has 1 heterocycles. The zero-order valence-electron chi connectivity index (χ0n) is 20.3. The highest BCUT2D eigenvalue weighted by Gasteiger charge is 2.34. The quantitative estimate of drug-likeness (QED) is 0.237. The maximum Gasteiger partial charge on any atom is 0.191 e. The van der Waals surface area contributed by atoms with E-state index in [4.69, 9.17) is 4.74 Å². The van der Waals surface area contributed by atoms with E-state index in [1.807, 2.05) is 7.05 Å². The van der Waals surface area contributed by atoms with Gasteiger partial charge in [-0.3, -0.25) is 9.89 Å². The van der Waals surface area contributed by atoms with E-state index >= 15 is 0 Å². The number of aliphatic imine (C=N–C) groups is 1. The molecule has 3 N–H and O–H groups in total. The molecule has 1 atom stereocenters. The van der Waals surface area contributed by atoms with E-state index in [2.05, 4.69) is 90.8 Å². The fourth-order valence-electron chi connectivity index (χ4n) is 4.31. The standard InChI is InChI=1S/C24H43N5O.HI/c1-19(2)29(20(3)4)15-14-26-23(25-6)27-18-24(12-16-30-17-13-24)28-21(5)22-10-8-7-9-11-22;/h7-11,19-21,28H,12-18H2,1-6H3,(H2,25,26,27);1H. The summed E-state index contributed by atoms with van der Waals surface area (Å²) in [7, 11) is 1.84. The third-order valence-corrected chi connectivity index (χ3v) is 6.08. The first kappa shape index (κ1) is 28.1. The minimum absolute atomic E-state index is 0. The summed E-state index contributed by atoms with van der Waals surface area (Å²) >= 11 is 0. The molecule has 31 heavy (non-hydrogen) atoms. The Morgan fingerprint density at radius 1 is 1.03 bits per heavy atom. The van der Waals surface area contributed by atoms with Gasteiger partial charge in [0.25, 0.3) is 0 Å². The molecule has 178 valence electrons. The van der Waals surface area contributed by atoms with E-state index in [-0.39, 0.29) is 35.6 Å². The third kappa shape index (κ3) is 9.24. The molecule has 0 saturated carbocycles. The molecular weight excluding hydrogens is 501 g/mol. The summed E-state index contributed by atoms with van der Waals surface area (Å²) in [6.07, 6.45) is 1.98. The second-order valence-electron chi connectivity index (χ2n) is 8.95. The Labute approximate surface area is 207 Å². The lowest BCUT2D eigenvalue weighted by atomic mass is 9.88. The van der Waals surface area contributed by atoms with E-state index in [0.717, 1.165) is 51.6 Å². The third-order valence-electron chi connectivity index (χ3n) is 6.08. The van der Waals surface area contributed by atoms with Crippen LogP contribution in [-0.4, -0.2) is 68.4 Å². The number of nitrogens with one attached hydrogen (secondary N) is 3. The van der Waals surface area contributed by atoms with Gasteiger partial charge < -0.3 is 20.7 Å². The van der Waals surface area contributed by atoms with Crippen LogP contribution < -0.4 is 16.0 Å². The molecule has 7 heteroatoms. The highest BCUT2D eigenvalue weighted by Crippen LogP contribution is 2.25. The maximum absolute atomic E-state index is 5.66. The molecule has 2 rings (SSSR count). The summed E-state index contributed by atoms with van der Waals surface area (Å²) in [5, 5.41) is 11.0. The number of nitrogens with zero attached hydrogens (tertiary/aromatic N) is 2. The summed E-state index contributed by atoms with van der Waals surface area (Å²) in [6.45, 7) is 15.5. The van der Waals surface area contributed by atoms with Crippen LogP contribution in [0.1, 0.15) is 59.1 Å². The van der Waals surface area contributed by atoms with Crippen LogP contribution >= 0.6 is 24.0 Å². The average Bonchev–Trinajstić information content (AvgIpc) is 2.74. The summed E-state index contributed by atoms with van der Waals surface area (Å²) in [5.74, 6) is 0.863. The summed E-state index contributed by atoms with van der Waals surface area (Å²) in [4.78, 5) is 6.93. The molecule has 1 unspecified atom stereocenters. The van der Waals surface area contributed by atoms with Crippen molar-refractivity contribution in [3.05, 3.63) is 35.9 Å². The van der Waals surface area contributed by atoms with Gasteiger partial charge in [0.2, 0.25) is 0 Å². The topological polar surface area (TPSA) is 60.9 Å². The van der Waals surface area contributed by atoms with Gasteiger partial charge in [0, 0.05) is 63.6 Å². The lowest BCUT2D eigenvalue weighted by Gasteiger charge is -2.41. The predicted octanol–water partition coefficient (Wildman–Crippen LogP) is 3.79. The molecule has 0 spiro atoms. The first-order valence-electron chi connectivity index (χ1n) is 11.5. The fourth-order valence-corrected chi connectivity index (χ4v) is 4.31. The van der Waals surface area contributed by atoms with Gasteiger partial charge in [0.05, 0.1) is 0 Å². The van der Waals surface area contributed by atoms with Crippen molar-refractivity contribution in [2.45, 2.75) is 71.1 Å². The molecule has 0 aromatic heterocycles. The molecule has 1 fully saturated rings. The number of hydrogen-bond acceptors (Lipinski definition) is 4. The van der Waals surface area contributed by atoms with E-state index < -0.39 is 0 Å². The Morgan fingerprint density at radius 3 is 2.19 bits per heavy atom. The van der Waals surface area contributed by atoms with E-state index in [0.29, 0.717) is 12.1 Å². The second-order valence-corrected chi connectivity index (χ2v) is 8.95. The molecule has 0 aliphatic carbocycles. The summed E-state index contributed by atoms with van der Waals surface area (Å²) in [5.41, 5.74) is 1.31. The van der Waals surface area contributed by atoms with Gasteiger partial charge in [-0.05, 0) is 53.0 Å². The van der Waals surface area contributed by atoms with Crippen molar-refractivity contribution in [1.82, 2.24) is 20.9 Å². The Kier molecular flexibility index (Phi) is 13.0. The second kappa shape index (κ2) is 14.3. The molecule has 1 saturated heterocycles. The molecule has 0 radical (unpaired) electrons. The van der Waals surface area contributed by atoms with Crippen molar-refractivity contribution in [2.75, 3.05) is 39.9 Å². The van der Waals surface area contributed by atoms with Crippen molar-refractivity contribution >= 4 is 29.9 Å². The number of halogens is 1. The zero-order chi connectivity index (χ0) is 22.0. The van der Waals surface area contributed by atoms with E-state index in [1.54, 1.807) is 0 Å². The zero-order valence-corrected chi connectivity index (χ0v) is 22.6. The normalized spacial score (nSPS) is 17.5. The largest absolute Gasteiger partial charge is 0.381 e. The number of hydrogen-bond donors (Lipinski definition) is 3. The number of rotatable bonds is 10. The first-order valence-corrected chi connectivity index (χ1v) is 11.5. The van der Waals surface area contributed by atoms with Gasteiger partial charge in [-0.25, -0.2) is 0 Å². The number of benzene rings is 1. The molecule has 0 bridgehead atoms. The van der Waals surface area contributed by atoms with Gasteiger partial charge >= 0.3 is 0 Å². The van der Waals surface area contributed by atoms with Crippen LogP contribution in [0.3, 0.4) is 0 Å². The lowest BCUT2D eigenvalue weighted by molar-refractivity contribution is 0.0355. The minimum atomic E-state index is -0.00692. The van der Waals surface area contributed by atoms with Crippen LogP contribution in [0.2, 0.25) is 0 Å². The summed E-state index contributed by atoms with van der Waals surface area (Å²) in [6, 6.07) is 12.0. The average molecular weight is 546 g/mol. The van der Waals surface area contributed by atoms with Crippen molar-refractivity contribution in [3.8, 4) is 0 Å². The van der Waals surface area contributed by atoms with Crippen LogP contribution in [0.25, 0.3) is 0 Å². The monoisotopic (exact) mass is 545 g/mol. The molecule has 1 aromatic carbocycles. The Balaban J connectivity index is 0.00000480. The lowest BCUT2D eigenvalue weighted by Crippen LogP contribution is -2.58. The predicted molar refractivity (Wildman–Crippen MR) is 143 cm³/mol. The van der Waals surface area contributed by atoms with Gasteiger partial charge in [-0.15, -0.1) is 24.0 Å². The fraction of sp³-hybridized carbons (Fsp3) is 0.708. The highest BCUT2D eigenvalue weighted by molar-refractivity contribution is 14.0. The van der Waals surface area contributed by atoms with E-state index in [1.165, 1.54) is 5.56 Å². The Bertz CT molecular complexity index is 624. The van der Waals surface area contributed by atoms with Crippen LogP contribution in [0.15, 0.2) is 35.3 Å². The number of ether oxygens (including phenoxy) is 1. The van der Waals surface area contributed by atoms with Crippen molar-refractivity contribution in [2.24, 2.45) is 4.99 Å². The van der Waals surface area contributed by atoms with Gasteiger partial charge in [-0.1, -0.05) is 30.3 Å². The Morgan fingerprint density at radius 2 is 1.65 bits per heavy atom. The van der Waals surface area contributed by atoms with Crippen LogP contribution in [0.5, 0.6) is 0 Å². The smallest absolute Gasteiger partial charge is 0.191 e. The van der Waals surface area contributed by atoms with Crippen molar-refractivity contribution in [3.63, 3.8) is 0 Å². The van der Waals surface area contributed by atoms with Crippen molar-refractivity contribution < 1.29 is 4.74 Å². The maximum atomic E-state index is 5.66. The Hall–Kier alpha value is -0.900. The van der Waals surface area contributed by atoms with Gasteiger partial charge in [0.1, 0.15) is 0 Å². The van der Waals surface area contributed by atoms with E-state index in [9.17, 15) is 0 Å². The van der Waals surface area contributed by atoms with Crippen LogP contribution in [0.4, 0.5) is 0 Å². The van der Waals surface area contributed by atoms with Gasteiger partial charge in [-0.2, -0.15) is 0 Å². The first-order chi connectivity index (χ1) is 14.4. The van der Waals surface area contributed by atoms with Gasteiger partial charge in [0.15, 0.2) is 5.96 Å². The molecule has 0 amide bonds.